The summed E-state index contributed by atoms with van der Waals surface area (Å²) in [5, 5.41) is 13.0. The van der Waals surface area contributed by atoms with E-state index in [4.69, 9.17) is 14.2 Å². The number of ether oxygens (including phenoxy) is 3. The molecule has 0 bridgehead atoms. The fourth-order valence-corrected chi connectivity index (χ4v) is 2.60. The van der Waals surface area contributed by atoms with Crippen molar-refractivity contribution >= 4 is 5.91 Å². The van der Waals surface area contributed by atoms with Crippen LogP contribution in [0.15, 0.2) is 24.3 Å². The molecule has 140 valence electrons. The van der Waals surface area contributed by atoms with E-state index >= 15 is 0 Å². The number of aliphatic hydroxyl groups is 1. The molecule has 1 fully saturated rings. The molecule has 25 heavy (non-hydrogen) atoms. The van der Waals surface area contributed by atoms with Crippen LogP contribution in [0.3, 0.4) is 0 Å². The lowest BCUT2D eigenvalue weighted by Gasteiger charge is -2.33. The Kier molecular flexibility index (Phi) is 7.64. The van der Waals surface area contributed by atoms with Crippen molar-refractivity contribution in [2.45, 2.75) is 12.2 Å². The summed E-state index contributed by atoms with van der Waals surface area (Å²) >= 11 is 0. The molecule has 7 heteroatoms. The van der Waals surface area contributed by atoms with Gasteiger partial charge >= 0.3 is 0 Å². The maximum Gasteiger partial charge on any atom is 0.251 e. The minimum Gasteiger partial charge on any atom is -0.492 e. The fourth-order valence-electron chi connectivity index (χ4n) is 2.60. The quantitative estimate of drug-likeness (QED) is 0.704. The Labute approximate surface area is 148 Å². The summed E-state index contributed by atoms with van der Waals surface area (Å²) < 4.78 is 16.2. The minimum absolute atomic E-state index is 0.184. The molecule has 1 aromatic carbocycles. The second-order valence-electron chi connectivity index (χ2n) is 6.45. The Morgan fingerprint density at radius 1 is 1.32 bits per heavy atom. The number of carbonyl (C=O) groups is 1. The number of carbonyl (C=O) groups excluding carboxylic acids is 1. The number of hydrogen-bond donors (Lipinski definition) is 2. The van der Waals surface area contributed by atoms with E-state index < -0.39 is 6.10 Å². The third-order valence-corrected chi connectivity index (χ3v) is 4.23. The summed E-state index contributed by atoms with van der Waals surface area (Å²) in [7, 11) is 5.51. The predicted octanol–water partition coefficient (Wildman–Crippen LogP) is 0.379. The monoisotopic (exact) mass is 352 g/mol. The Morgan fingerprint density at radius 3 is 2.68 bits per heavy atom. The topological polar surface area (TPSA) is 80.3 Å². The number of likely N-dealkylation sites (N-methyl/N-ethyl adjacent to an activating group) is 1. The minimum atomic E-state index is -0.647. The highest BCUT2D eigenvalue weighted by Gasteiger charge is 2.32. The molecule has 0 aliphatic carbocycles. The van der Waals surface area contributed by atoms with Crippen molar-refractivity contribution in [3.63, 3.8) is 0 Å². The van der Waals surface area contributed by atoms with Gasteiger partial charge in [0.15, 0.2) is 0 Å². The number of nitrogens with one attached hydrogen (secondary N) is 1. The van der Waals surface area contributed by atoms with E-state index in [1.165, 1.54) is 0 Å². The smallest absolute Gasteiger partial charge is 0.251 e. The van der Waals surface area contributed by atoms with Gasteiger partial charge in [-0.25, -0.2) is 0 Å². The second kappa shape index (κ2) is 9.72. The van der Waals surface area contributed by atoms with Gasteiger partial charge in [-0.3, -0.25) is 4.79 Å². The molecule has 1 aromatic rings. The predicted molar refractivity (Wildman–Crippen MR) is 93.9 cm³/mol. The molecule has 1 aliphatic heterocycles. The van der Waals surface area contributed by atoms with E-state index in [-0.39, 0.29) is 17.9 Å². The molecule has 0 saturated carbocycles. The van der Waals surface area contributed by atoms with Gasteiger partial charge in [-0.1, -0.05) is 0 Å². The van der Waals surface area contributed by atoms with E-state index in [1.807, 2.05) is 19.0 Å². The molecule has 3 atom stereocenters. The first-order valence-electron chi connectivity index (χ1n) is 8.45. The van der Waals surface area contributed by atoms with Crippen LogP contribution < -0.4 is 10.1 Å². The van der Waals surface area contributed by atoms with Crippen molar-refractivity contribution in [2.24, 2.45) is 5.92 Å². The highest BCUT2D eigenvalue weighted by Crippen LogP contribution is 2.17. The largest absolute Gasteiger partial charge is 0.492 e. The van der Waals surface area contributed by atoms with Crippen molar-refractivity contribution in [3.05, 3.63) is 29.8 Å². The summed E-state index contributed by atoms with van der Waals surface area (Å²) in [6, 6.07) is 7.02. The van der Waals surface area contributed by atoms with Gasteiger partial charge in [0.1, 0.15) is 18.5 Å². The maximum absolute atomic E-state index is 12.2. The first-order chi connectivity index (χ1) is 12.0. The van der Waals surface area contributed by atoms with Crippen LogP contribution in [-0.4, -0.2) is 82.2 Å². The summed E-state index contributed by atoms with van der Waals surface area (Å²) in [6.07, 6.45) is -0.999. The van der Waals surface area contributed by atoms with Crippen LogP contribution in [0.5, 0.6) is 5.75 Å². The van der Waals surface area contributed by atoms with Crippen molar-refractivity contribution in [1.82, 2.24) is 10.2 Å². The zero-order chi connectivity index (χ0) is 18.2. The zero-order valence-electron chi connectivity index (χ0n) is 15.1. The average molecular weight is 352 g/mol. The Balaban J connectivity index is 1.80. The second-order valence-corrected chi connectivity index (χ2v) is 6.45. The molecule has 7 nitrogen and oxygen atoms in total. The third-order valence-electron chi connectivity index (χ3n) is 4.23. The molecule has 0 spiro atoms. The van der Waals surface area contributed by atoms with Crippen LogP contribution >= 0.6 is 0 Å². The standard InChI is InChI=1S/C18H28N2O5/c1-20(2)8-9-25-15-6-4-13(5-7-15)18(22)19-10-14-11-24-12-16(23-3)17(14)21/h4-7,14,16-17,21H,8-12H2,1-3H3,(H,19,22)/t14-,16-,17+/m1/s1. The lowest BCUT2D eigenvalue weighted by Crippen LogP contribution is -2.49. The molecule has 1 saturated heterocycles. The summed E-state index contributed by atoms with van der Waals surface area (Å²) in [5.74, 6) is 0.361. The van der Waals surface area contributed by atoms with Crippen LogP contribution in [0.2, 0.25) is 0 Å². The lowest BCUT2D eigenvalue weighted by atomic mass is 9.96. The molecule has 2 rings (SSSR count). The van der Waals surface area contributed by atoms with Crippen LogP contribution in [0.4, 0.5) is 0 Å². The molecule has 1 heterocycles. The molecule has 1 amide bonds. The number of benzene rings is 1. The van der Waals surface area contributed by atoms with Gasteiger partial charge in [0.05, 0.1) is 19.3 Å². The Hall–Kier alpha value is -1.67. The molecular weight excluding hydrogens is 324 g/mol. The number of rotatable bonds is 8. The highest BCUT2D eigenvalue weighted by molar-refractivity contribution is 5.94. The first kappa shape index (κ1) is 19.7. The van der Waals surface area contributed by atoms with Crippen LogP contribution in [0.1, 0.15) is 10.4 Å². The van der Waals surface area contributed by atoms with E-state index in [9.17, 15) is 9.90 Å². The van der Waals surface area contributed by atoms with Crippen LogP contribution in [0, 0.1) is 5.92 Å². The van der Waals surface area contributed by atoms with E-state index in [2.05, 4.69) is 5.32 Å². The van der Waals surface area contributed by atoms with Crippen molar-refractivity contribution < 1.29 is 24.1 Å². The van der Waals surface area contributed by atoms with Gasteiger partial charge in [0.2, 0.25) is 0 Å². The van der Waals surface area contributed by atoms with Crippen molar-refractivity contribution in [1.29, 1.82) is 0 Å². The van der Waals surface area contributed by atoms with Crippen LogP contribution in [-0.2, 0) is 9.47 Å². The number of nitrogens with zero attached hydrogens (tertiary/aromatic N) is 1. The van der Waals surface area contributed by atoms with E-state index in [1.54, 1.807) is 31.4 Å². The third kappa shape index (κ3) is 5.97. The normalized spacial score (nSPS) is 23.5. The number of methoxy groups -OCH3 is 1. The maximum atomic E-state index is 12.2. The first-order valence-corrected chi connectivity index (χ1v) is 8.45. The summed E-state index contributed by atoms with van der Waals surface area (Å²) in [6.45, 7) is 2.54. The van der Waals surface area contributed by atoms with Gasteiger partial charge in [0.25, 0.3) is 5.91 Å². The molecule has 0 radical (unpaired) electrons. The molecule has 1 aliphatic rings. The number of aliphatic hydroxyl groups excluding tert-OH is 1. The summed E-state index contributed by atoms with van der Waals surface area (Å²) in [5.41, 5.74) is 0.550. The van der Waals surface area contributed by atoms with E-state index in [0.717, 1.165) is 12.3 Å². The number of amides is 1. The highest BCUT2D eigenvalue weighted by atomic mass is 16.5. The van der Waals surface area contributed by atoms with Gasteiger partial charge in [0, 0.05) is 31.7 Å². The molecule has 2 N–H and O–H groups in total. The molecule has 0 aromatic heterocycles. The van der Waals surface area contributed by atoms with E-state index in [0.29, 0.717) is 31.9 Å². The molecular formula is C18H28N2O5. The van der Waals surface area contributed by atoms with Gasteiger partial charge in [-0.2, -0.15) is 0 Å². The van der Waals surface area contributed by atoms with Crippen LogP contribution in [0.25, 0.3) is 0 Å². The number of hydrogen-bond acceptors (Lipinski definition) is 6. The summed E-state index contributed by atoms with van der Waals surface area (Å²) in [4.78, 5) is 14.3. The van der Waals surface area contributed by atoms with Gasteiger partial charge in [-0.05, 0) is 38.4 Å². The SMILES string of the molecule is CO[C@@H]1COC[C@@H](CNC(=O)c2ccc(OCCN(C)C)cc2)[C@@H]1O. The van der Waals surface area contributed by atoms with Crippen molar-refractivity contribution in [3.8, 4) is 5.75 Å². The molecule has 0 unspecified atom stereocenters. The van der Waals surface area contributed by atoms with Gasteiger partial charge < -0.3 is 29.5 Å². The van der Waals surface area contributed by atoms with Gasteiger partial charge in [-0.15, -0.1) is 0 Å². The zero-order valence-corrected chi connectivity index (χ0v) is 15.1. The Morgan fingerprint density at radius 2 is 2.04 bits per heavy atom. The Bertz CT molecular complexity index is 535. The lowest BCUT2D eigenvalue weighted by molar-refractivity contribution is -0.132. The fraction of sp³-hybridized carbons (Fsp3) is 0.611. The average Bonchev–Trinajstić information content (AvgIpc) is 2.61. The van der Waals surface area contributed by atoms with Crippen molar-refractivity contribution in [2.75, 3.05) is 54.1 Å².